The number of carbonyl (C=O) groups excluding carboxylic acids is 1. The SMILES string of the molecule is CCC(OC(=O)c1ccccc1O)c1ccccc1. The van der Waals surface area contributed by atoms with E-state index in [1.807, 2.05) is 37.3 Å². The van der Waals surface area contributed by atoms with Crippen LogP contribution >= 0.6 is 0 Å². The van der Waals surface area contributed by atoms with Gasteiger partial charge >= 0.3 is 5.97 Å². The van der Waals surface area contributed by atoms with Crippen LogP contribution in [0.5, 0.6) is 5.75 Å². The number of phenolic OH excluding ortho intramolecular Hbond substituents is 1. The molecule has 0 saturated heterocycles. The number of aromatic hydroxyl groups is 1. The number of benzene rings is 2. The van der Waals surface area contributed by atoms with Crippen LogP contribution in [0.25, 0.3) is 0 Å². The van der Waals surface area contributed by atoms with Gasteiger partial charge in [0, 0.05) is 0 Å². The molecule has 0 fully saturated rings. The monoisotopic (exact) mass is 256 g/mol. The second-order valence-electron chi connectivity index (χ2n) is 4.23. The van der Waals surface area contributed by atoms with E-state index in [0.717, 1.165) is 5.56 Å². The zero-order valence-corrected chi connectivity index (χ0v) is 10.7. The van der Waals surface area contributed by atoms with Crippen LogP contribution in [0.3, 0.4) is 0 Å². The molecule has 0 amide bonds. The van der Waals surface area contributed by atoms with E-state index in [4.69, 9.17) is 4.74 Å². The first-order chi connectivity index (χ1) is 9.22. The van der Waals surface area contributed by atoms with Crippen LogP contribution in [0, 0.1) is 0 Å². The molecule has 0 aliphatic carbocycles. The molecule has 0 aliphatic rings. The molecular formula is C16H16O3. The Morgan fingerprint density at radius 2 is 1.74 bits per heavy atom. The van der Waals surface area contributed by atoms with Gasteiger partial charge in [-0.1, -0.05) is 49.4 Å². The zero-order valence-electron chi connectivity index (χ0n) is 10.7. The molecule has 2 aromatic carbocycles. The number of carbonyl (C=O) groups is 1. The Balaban J connectivity index is 2.16. The second kappa shape index (κ2) is 6.05. The van der Waals surface area contributed by atoms with Crippen molar-refractivity contribution in [1.29, 1.82) is 0 Å². The normalized spacial score (nSPS) is 11.8. The lowest BCUT2D eigenvalue weighted by atomic mass is 10.1. The third kappa shape index (κ3) is 3.13. The average molecular weight is 256 g/mol. The number of para-hydroxylation sites is 1. The summed E-state index contributed by atoms with van der Waals surface area (Å²) in [5.41, 5.74) is 1.14. The summed E-state index contributed by atoms with van der Waals surface area (Å²) in [4.78, 5) is 12.0. The minimum atomic E-state index is -0.506. The van der Waals surface area contributed by atoms with Gasteiger partial charge in [-0.3, -0.25) is 0 Å². The maximum atomic E-state index is 12.0. The van der Waals surface area contributed by atoms with Crippen molar-refractivity contribution in [2.24, 2.45) is 0 Å². The van der Waals surface area contributed by atoms with E-state index in [9.17, 15) is 9.90 Å². The maximum absolute atomic E-state index is 12.0. The van der Waals surface area contributed by atoms with Gasteiger partial charge in [0.25, 0.3) is 0 Å². The fourth-order valence-corrected chi connectivity index (χ4v) is 1.89. The molecule has 2 rings (SSSR count). The van der Waals surface area contributed by atoms with Crippen LogP contribution < -0.4 is 0 Å². The van der Waals surface area contributed by atoms with Crippen molar-refractivity contribution in [3.05, 3.63) is 65.7 Å². The van der Waals surface area contributed by atoms with Crippen LogP contribution in [-0.4, -0.2) is 11.1 Å². The third-order valence-electron chi connectivity index (χ3n) is 2.92. The molecule has 0 bridgehead atoms. The van der Waals surface area contributed by atoms with Crippen LogP contribution in [0.15, 0.2) is 54.6 Å². The molecule has 1 N–H and O–H groups in total. The molecule has 19 heavy (non-hydrogen) atoms. The lowest BCUT2D eigenvalue weighted by Gasteiger charge is -2.16. The number of hydrogen-bond donors (Lipinski definition) is 1. The predicted molar refractivity (Wildman–Crippen MR) is 73.0 cm³/mol. The van der Waals surface area contributed by atoms with E-state index in [2.05, 4.69) is 0 Å². The summed E-state index contributed by atoms with van der Waals surface area (Å²) >= 11 is 0. The highest BCUT2D eigenvalue weighted by Crippen LogP contribution is 2.24. The van der Waals surface area contributed by atoms with E-state index >= 15 is 0 Å². The van der Waals surface area contributed by atoms with Gasteiger partial charge in [0.05, 0.1) is 0 Å². The molecule has 2 aromatic rings. The number of esters is 1. The lowest BCUT2D eigenvalue weighted by Crippen LogP contribution is -2.11. The fourth-order valence-electron chi connectivity index (χ4n) is 1.89. The van der Waals surface area contributed by atoms with Gasteiger partial charge in [-0.25, -0.2) is 4.79 Å². The molecule has 98 valence electrons. The number of hydrogen-bond acceptors (Lipinski definition) is 3. The van der Waals surface area contributed by atoms with Crippen molar-refractivity contribution < 1.29 is 14.6 Å². The highest BCUT2D eigenvalue weighted by atomic mass is 16.5. The third-order valence-corrected chi connectivity index (χ3v) is 2.92. The van der Waals surface area contributed by atoms with Gasteiger partial charge in [-0.2, -0.15) is 0 Å². The van der Waals surface area contributed by atoms with Crippen molar-refractivity contribution in [1.82, 2.24) is 0 Å². The summed E-state index contributed by atoms with van der Waals surface area (Å²) in [5.74, 6) is -0.566. The molecule has 0 aliphatic heterocycles. The topological polar surface area (TPSA) is 46.5 Å². The highest BCUT2D eigenvalue weighted by molar-refractivity contribution is 5.92. The van der Waals surface area contributed by atoms with Gasteiger partial charge in [0.15, 0.2) is 0 Å². The molecular weight excluding hydrogens is 240 g/mol. The van der Waals surface area contributed by atoms with Crippen LogP contribution in [0.4, 0.5) is 0 Å². The Kier molecular flexibility index (Phi) is 4.18. The molecule has 3 nitrogen and oxygen atoms in total. The Hall–Kier alpha value is -2.29. The van der Waals surface area contributed by atoms with Crippen molar-refractivity contribution in [3.63, 3.8) is 0 Å². The van der Waals surface area contributed by atoms with Crippen LogP contribution in [0.1, 0.15) is 35.4 Å². The van der Waals surface area contributed by atoms with Gasteiger partial charge < -0.3 is 9.84 Å². The standard InChI is InChI=1S/C16H16O3/c1-2-15(12-8-4-3-5-9-12)19-16(18)13-10-6-7-11-14(13)17/h3-11,15,17H,2H2,1H3. The molecule has 1 unspecified atom stereocenters. The van der Waals surface area contributed by atoms with Crippen molar-refractivity contribution in [2.45, 2.75) is 19.4 Å². The fraction of sp³-hybridized carbons (Fsp3) is 0.188. The van der Waals surface area contributed by atoms with E-state index in [1.165, 1.54) is 6.07 Å². The number of phenols is 1. The van der Waals surface area contributed by atoms with E-state index in [-0.39, 0.29) is 17.4 Å². The van der Waals surface area contributed by atoms with E-state index in [1.54, 1.807) is 18.2 Å². The van der Waals surface area contributed by atoms with E-state index < -0.39 is 5.97 Å². The minimum absolute atomic E-state index is 0.0598. The molecule has 1 atom stereocenters. The molecule has 0 aromatic heterocycles. The molecule has 0 radical (unpaired) electrons. The first-order valence-corrected chi connectivity index (χ1v) is 6.26. The largest absolute Gasteiger partial charge is 0.507 e. The summed E-state index contributed by atoms with van der Waals surface area (Å²) in [5, 5.41) is 9.64. The summed E-state index contributed by atoms with van der Waals surface area (Å²) in [6.07, 6.45) is 0.386. The van der Waals surface area contributed by atoms with Gasteiger partial charge in [0.2, 0.25) is 0 Å². The average Bonchev–Trinajstić information content (AvgIpc) is 2.46. The first-order valence-electron chi connectivity index (χ1n) is 6.26. The Morgan fingerprint density at radius 3 is 2.37 bits per heavy atom. The van der Waals surface area contributed by atoms with Crippen molar-refractivity contribution in [3.8, 4) is 5.75 Å². The second-order valence-corrected chi connectivity index (χ2v) is 4.23. The zero-order chi connectivity index (χ0) is 13.7. The number of ether oxygens (including phenoxy) is 1. The van der Waals surface area contributed by atoms with E-state index in [0.29, 0.717) is 6.42 Å². The smallest absolute Gasteiger partial charge is 0.342 e. The van der Waals surface area contributed by atoms with Crippen molar-refractivity contribution >= 4 is 5.97 Å². The van der Waals surface area contributed by atoms with Crippen molar-refractivity contribution in [2.75, 3.05) is 0 Å². The maximum Gasteiger partial charge on any atom is 0.342 e. The number of rotatable bonds is 4. The van der Waals surface area contributed by atoms with Crippen LogP contribution in [-0.2, 0) is 4.74 Å². The summed E-state index contributed by atoms with van der Waals surface area (Å²) < 4.78 is 5.45. The molecule has 0 spiro atoms. The van der Waals surface area contributed by atoms with Gasteiger partial charge in [-0.05, 0) is 24.1 Å². The first kappa shape index (κ1) is 13.1. The Labute approximate surface area is 112 Å². The summed E-state index contributed by atoms with van der Waals surface area (Å²) in [6, 6.07) is 16.0. The molecule has 0 heterocycles. The van der Waals surface area contributed by atoms with Gasteiger partial charge in [-0.15, -0.1) is 0 Å². The molecule has 0 saturated carbocycles. The molecule has 3 heteroatoms. The Bertz CT molecular complexity index is 549. The minimum Gasteiger partial charge on any atom is -0.507 e. The lowest BCUT2D eigenvalue weighted by molar-refractivity contribution is 0.0285. The summed E-state index contributed by atoms with van der Waals surface area (Å²) in [7, 11) is 0. The Morgan fingerprint density at radius 1 is 1.11 bits per heavy atom. The highest BCUT2D eigenvalue weighted by Gasteiger charge is 2.18. The quantitative estimate of drug-likeness (QED) is 0.848. The summed E-state index contributed by atoms with van der Waals surface area (Å²) in [6.45, 7) is 1.95. The predicted octanol–water partition coefficient (Wildman–Crippen LogP) is 3.70. The van der Waals surface area contributed by atoms with Crippen LogP contribution in [0.2, 0.25) is 0 Å². The van der Waals surface area contributed by atoms with Gasteiger partial charge in [0.1, 0.15) is 17.4 Å².